The van der Waals surface area contributed by atoms with Crippen molar-refractivity contribution in [1.29, 1.82) is 0 Å². The van der Waals surface area contributed by atoms with E-state index in [1.54, 1.807) is 0 Å². The van der Waals surface area contributed by atoms with Crippen molar-refractivity contribution >= 4 is 0 Å². The third-order valence-corrected chi connectivity index (χ3v) is 3.78. The third kappa shape index (κ3) is 3.61. The molecule has 1 nitrogen and oxygen atoms in total. The van der Waals surface area contributed by atoms with Crippen LogP contribution in [0.15, 0.2) is 0 Å². The van der Waals surface area contributed by atoms with E-state index < -0.39 is 0 Å². The Morgan fingerprint density at radius 2 is 1.64 bits per heavy atom. The van der Waals surface area contributed by atoms with Gasteiger partial charge in [-0.25, -0.2) is 0 Å². The average molecular weight is 197 g/mol. The van der Waals surface area contributed by atoms with Crippen molar-refractivity contribution in [2.75, 3.05) is 20.6 Å². The van der Waals surface area contributed by atoms with Crippen molar-refractivity contribution in [2.24, 2.45) is 17.8 Å². The fraction of sp³-hybridized carbons (Fsp3) is 1.00. The van der Waals surface area contributed by atoms with E-state index in [0.717, 1.165) is 17.8 Å². The molecule has 1 aliphatic carbocycles. The van der Waals surface area contributed by atoms with Crippen molar-refractivity contribution < 1.29 is 0 Å². The molecule has 0 aromatic rings. The molecular formula is C13H27N. The fourth-order valence-electron chi connectivity index (χ4n) is 2.83. The van der Waals surface area contributed by atoms with Gasteiger partial charge in [-0.3, -0.25) is 0 Å². The van der Waals surface area contributed by atoms with Crippen molar-refractivity contribution in [2.45, 2.75) is 46.0 Å². The van der Waals surface area contributed by atoms with Gasteiger partial charge < -0.3 is 4.90 Å². The Kier molecular flexibility index (Phi) is 4.94. The Morgan fingerprint density at radius 3 is 2.07 bits per heavy atom. The molecule has 0 amide bonds. The minimum Gasteiger partial charge on any atom is -0.309 e. The molecule has 0 spiro atoms. The standard InChI is InChI=1S/C13H27N/c1-5-11(6-2)7-12-8-13(9-12)10-14(3)4/h11-13H,5-10H2,1-4H3/t12-,13+. The van der Waals surface area contributed by atoms with Gasteiger partial charge in [0.25, 0.3) is 0 Å². The lowest BCUT2D eigenvalue weighted by Crippen LogP contribution is -2.33. The maximum absolute atomic E-state index is 2.34. The molecule has 0 aromatic carbocycles. The van der Waals surface area contributed by atoms with E-state index in [-0.39, 0.29) is 0 Å². The fourth-order valence-corrected chi connectivity index (χ4v) is 2.83. The predicted molar refractivity (Wildman–Crippen MR) is 63.5 cm³/mol. The van der Waals surface area contributed by atoms with Crippen molar-refractivity contribution in [1.82, 2.24) is 4.90 Å². The van der Waals surface area contributed by atoms with Gasteiger partial charge in [0, 0.05) is 6.54 Å². The highest BCUT2D eigenvalue weighted by molar-refractivity contribution is 4.82. The van der Waals surface area contributed by atoms with Crippen molar-refractivity contribution in [3.8, 4) is 0 Å². The predicted octanol–water partition coefficient (Wildman–Crippen LogP) is 3.40. The molecule has 0 saturated heterocycles. The Hall–Kier alpha value is -0.0400. The summed E-state index contributed by atoms with van der Waals surface area (Å²) >= 11 is 0. The summed E-state index contributed by atoms with van der Waals surface area (Å²) in [5, 5.41) is 0. The molecule has 0 unspecified atom stereocenters. The van der Waals surface area contributed by atoms with Gasteiger partial charge in [0.2, 0.25) is 0 Å². The first-order valence-corrected chi connectivity index (χ1v) is 6.30. The number of hydrogen-bond acceptors (Lipinski definition) is 1. The van der Waals surface area contributed by atoms with E-state index in [1.165, 1.54) is 38.6 Å². The van der Waals surface area contributed by atoms with Gasteiger partial charge in [-0.15, -0.1) is 0 Å². The van der Waals surface area contributed by atoms with Gasteiger partial charge in [-0.2, -0.15) is 0 Å². The van der Waals surface area contributed by atoms with Gasteiger partial charge in [0.05, 0.1) is 0 Å². The topological polar surface area (TPSA) is 3.24 Å². The van der Waals surface area contributed by atoms with E-state index in [2.05, 4.69) is 32.8 Å². The zero-order valence-electron chi connectivity index (χ0n) is 10.4. The maximum atomic E-state index is 2.34. The smallest absolute Gasteiger partial charge is 0.000376 e. The zero-order chi connectivity index (χ0) is 10.6. The van der Waals surface area contributed by atoms with E-state index in [9.17, 15) is 0 Å². The lowest BCUT2D eigenvalue weighted by molar-refractivity contribution is 0.125. The molecule has 1 aliphatic rings. The van der Waals surface area contributed by atoms with E-state index >= 15 is 0 Å². The van der Waals surface area contributed by atoms with Gasteiger partial charge in [0.15, 0.2) is 0 Å². The van der Waals surface area contributed by atoms with Gasteiger partial charge in [-0.1, -0.05) is 26.7 Å². The second-order valence-corrected chi connectivity index (χ2v) is 5.38. The van der Waals surface area contributed by atoms with Gasteiger partial charge in [-0.05, 0) is 51.1 Å². The molecule has 1 saturated carbocycles. The van der Waals surface area contributed by atoms with Crippen LogP contribution in [0.2, 0.25) is 0 Å². The van der Waals surface area contributed by atoms with Crippen molar-refractivity contribution in [3.05, 3.63) is 0 Å². The van der Waals surface area contributed by atoms with Crippen LogP contribution in [0, 0.1) is 17.8 Å². The van der Waals surface area contributed by atoms with Gasteiger partial charge in [0.1, 0.15) is 0 Å². The highest BCUT2D eigenvalue weighted by Crippen LogP contribution is 2.39. The molecule has 0 heterocycles. The number of nitrogens with zero attached hydrogens (tertiary/aromatic N) is 1. The highest BCUT2D eigenvalue weighted by Gasteiger charge is 2.30. The van der Waals surface area contributed by atoms with Crippen LogP contribution in [-0.2, 0) is 0 Å². The largest absolute Gasteiger partial charge is 0.309 e. The van der Waals surface area contributed by atoms with Crippen LogP contribution >= 0.6 is 0 Å². The number of hydrogen-bond donors (Lipinski definition) is 0. The maximum Gasteiger partial charge on any atom is 0.000376 e. The summed E-state index contributed by atoms with van der Waals surface area (Å²) in [6.45, 7) is 5.98. The lowest BCUT2D eigenvalue weighted by Gasteiger charge is -2.38. The van der Waals surface area contributed by atoms with E-state index in [0.29, 0.717) is 0 Å². The van der Waals surface area contributed by atoms with Crippen LogP contribution in [0.1, 0.15) is 46.0 Å². The van der Waals surface area contributed by atoms with E-state index in [1.807, 2.05) is 0 Å². The van der Waals surface area contributed by atoms with Gasteiger partial charge >= 0.3 is 0 Å². The SMILES string of the molecule is CCC(CC)C[C@H]1C[C@@H](CN(C)C)C1. The molecule has 1 fully saturated rings. The summed E-state index contributed by atoms with van der Waals surface area (Å²) in [6.07, 6.45) is 7.25. The molecule has 0 radical (unpaired) electrons. The highest BCUT2D eigenvalue weighted by atomic mass is 15.1. The quantitative estimate of drug-likeness (QED) is 0.631. The summed E-state index contributed by atoms with van der Waals surface area (Å²) in [5.74, 6) is 3.06. The summed E-state index contributed by atoms with van der Waals surface area (Å²) < 4.78 is 0. The van der Waals surface area contributed by atoms with E-state index in [4.69, 9.17) is 0 Å². The molecule has 1 heteroatoms. The molecule has 1 rings (SSSR count). The molecular weight excluding hydrogens is 170 g/mol. The summed E-state index contributed by atoms with van der Waals surface area (Å²) in [5.41, 5.74) is 0. The molecule has 0 aliphatic heterocycles. The Bertz CT molecular complexity index is 143. The summed E-state index contributed by atoms with van der Waals surface area (Å²) in [4.78, 5) is 2.33. The second-order valence-electron chi connectivity index (χ2n) is 5.38. The van der Waals surface area contributed by atoms with Crippen molar-refractivity contribution in [3.63, 3.8) is 0 Å². The molecule has 0 bridgehead atoms. The summed E-state index contributed by atoms with van der Waals surface area (Å²) in [7, 11) is 4.38. The molecule has 0 aromatic heterocycles. The summed E-state index contributed by atoms with van der Waals surface area (Å²) in [6, 6.07) is 0. The average Bonchev–Trinajstić information content (AvgIpc) is 2.08. The monoisotopic (exact) mass is 197 g/mol. The lowest BCUT2D eigenvalue weighted by atomic mass is 9.70. The Labute approximate surface area is 89.9 Å². The minimum atomic E-state index is 1.00. The van der Waals surface area contributed by atoms with Crippen LogP contribution in [0.3, 0.4) is 0 Å². The molecule has 0 atom stereocenters. The van der Waals surface area contributed by atoms with Crippen LogP contribution in [0.4, 0.5) is 0 Å². The van der Waals surface area contributed by atoms with Crippen LogP contribution in [-0.4, -0.2) is 25.5 Å². The normalized spacial score (nSPS) is 27.0. The molecule has 14 heavy (non-hydrogen) atoms. The Morgan fingerprint density at radius 1 is 1.07 bits per heavy atom. The minimum absolute atomic E-state index is 1.00. The van der Waals surface area contributed by atoms with Crippen LogP contribution in [0.5, 0.6) is 0 Å². The molecule has 84 valence electrons. The molecule has 0 N–H and O–H groups in total. The first kappa shape index (κ1) is 12.0. The first-order chi connectivity index (χ1) is 6.65. The number of rotatable bonds is 6. The second kappa shape index (κ2) is 5.75. The van der Waals surface area contributed by atoms with Crippen LogP contribution in [0.25, 0.3) is 0 Å². The zero-order valence-corrected chi connectivity index (χ0v) is 10.4. The Balaban J connectivity index is 2.09. The van der Waals surface area contributed by atoms with Crippen LogP contribution < -0.4 is 0 Å². The third-order valence-electron chi connectivity index (χ3n) is 3.78. The first-order valence-electron chi connectivity index (χ1n) is 6.30.